The summed E-state index contributed by atoms with van der Waals surface area (Å²) in [5.74, 6) is -1.57. The number of nitrogens with one attached hydrogen (secondary N) is 2. The Kier molecular flexibility index (Phi) is 5.60. The number of rotatable bonds is 5. The molecule has 1 amide bonds. The SMILES string of the molecule is Cc1[nH]c(C(=O)O)c(C)c1C(=O)NC1CCCN(Cc2ccccc2F)C1. The molecule has 1 atom stereocenters. The number of carboxylic acid groups (broad SMARTS) is 1. The van der Waals surface area contributed by atoms with Crippen molar-refractivity contribution in [1.29, 1.82) is 0 Å². The fourth-order valence-corrected chi connectivity index (χ4v) is 3.75. The van der Waals surface area contributed by atoms with E-state index in [4.69, 9.17) is 0 Å². The highest BCUT2D eigenvalue weighted by Gasteiger charge is 2.26. The number of carboxylic acids is 1. The van der Waals surface area contributed by atoms with E-state index < -0.39 is 5.97 Å². The Morgan fingerprint density at radius 1 is 1.33 bits per heavy atom. The van der Waals surface area contributed by atoms with Crippen LogP contribution in [0.4, 0.5) is 4.39 Å². The minimum Gasteiger partial charge on any atom is -0.477 e. The lowest BCUT2D eigenvalue weighted by Crippen LogP contribution is -2.47. The summed E-state index contributed by atoms with van der Waals surface area (Å²) < 4.78 is 13.9. The normalized spacial score (nSPS) is 17.7. The quantitative estimate of drug-likeness (QED) is 0.752. The van der Waals surface area contributed by atoms with E-state index in [9.17, 15) is 19.1 Å². The molecular weight excluding hydrogens is 349 g/mol. The van der Waals surface area contributed by atoms with Crippen molar-refractivity contribution in [3.8, 4) is 0 Å². The number of aromatic amines is 1. The van der Waals surface area contributed by atoms with E-state index in [2.05, 4.69) is 15.2 Å². The molecule has 1 aliphatic heterocycles. The van der Waals surface area contributed by atoms with E-state index >= 15 is 0 Å². The molecule has 0 radical (unpaired) electrons. The highest BCUT2D eigenvalue weighted by Crippen LogP contribution is 2.20. The highest BCUT2D eigenvalue weighted by molar-refractivity contribution is 6.00. The summed E-state index contributed by atoms with van der Waals surface area (Å²) in [6.07, 6.45) is 1.75. The molecule has 1 aromatic heterocycles. The number of carbonyl (C=O) groups is 2. The second kappa shape index (κ2) is 7.92. The van der Waals surface area contributed by atoms with Crippen molar-refractivity contribution < 1.29 is 19.1 Å². The largest absolute Gasteiger partial charge is 0.477 e. The number of aryl methyl sites for hydroxylation is 1. The van der Waals surface area contributed by atoms with Crippen LogP contribution in [0.1, 0.15) is 50.5 Å². The maximum absolute atomic E-state index is 13.9. The molecule has 144 valence electrons. The number of nitrogens with zero attached hydrogens (tertiary/aromatic N) is 1. The maximum Gasteiger partial charge on any atom is 0.352 e. The number of aromatic carboxylic acids is 1. The van der Waals surface area contributed by atoms with Crippen molar-refractivity contribution in [2.75, 3.05) is 13.1 Å². The van der Waals surface area contributed by atoms with Crippen LogP contribution < -0.4 is 5.32 Å². The van der Waals surface area contributed by atoms with Gasteiger partial charge in [-0.05, 0) is 44.9 Å². The molecule has 1 aliphatic rings. The summed E-state index contributed by atoms with van der Waals surface area (Å²) in [4.78, 5) is 28.8. The number of aromatic nitrogens is 1. The Bertz CT molecular complexity index is 862. The Hall–Kier alpha value is -2.67. The predicted molar refractivity (Wildman–Crippen MR) is 99.4 cm³/mol. The first kappa shape index (κ1) is 19.1. The summed E-state index contributed by atoms with van der Waals surface area (Å²) in [6, 6.07) is 6.66. The predicted octanol–water partition coefficient (Wildman–Crippen LogP) is 2.86. The van der Waals surface area contributed by atoms with E-state index in [-0.39, 0.29) is 23.5 Å². The van der Waals surface area contributed by atoms with Gasteiger partial charge >= 0.3 is 5.97 Å². The van der Waals surface area contributed by atoms with Crippen LogP contribution in [-0.2, 0) is 6.54 Å². The van der Waals surface area contributed by atoms with Gasteiger partial charge in [-0.15, -0.1) is 0 Å². The van der Waals surface area contributed by atoms with Gasteiger partial charge in [0.25, 0.3) is 5.91 Å². The summed E-state index contributed by atoms with van der Waals surface area (Å²) in [5.41, 5.74) is 2.06. The fourth-order valence-electron chi connectivity index (χ4n) is 3.75. The molecule has 3 N–H and O–H groups in total. The van der Waals surface area contributed by atoms with E-state index in [0.29, 0.717) is 35.5 Å². The molecule has 6 nitrogen and oxygen atoms in total. The average Bonchev–Trinajstić information content (AvgIpc) is 2.92. The third-order valence-corrected chi connectivity index (χ3v) is 5.07. The second-order valence-corrected chi connectivity index (χ2v) is 7.07. The number of carbonyl (C=O) groups excluding carboxylic acids is 1. The minimum absolute atomic E-state index is 0.0440. The van der Waals surface area contributed by atoms with Crippen LogP contribution in [0.25, 0.3) is 0 Å². The van der Waals surface area contributed by atoms with Crippen LogP contribution >= 0.6 is 0 Å². The average molecular weight is 373 g/mol. The first-order valence-electron chi connectivity index (χ1n) is 9.06. The first-order chi connectivity index (χ1) is 12.9. The fraction of sp³-hybridized carbons (Fsp3) is 0.400. The van der Waals surface area contributed by atoms with Gasteiger partial charge in [0.05, 0.1) is 5.56 Å². The van der Waals surface area contributed by atoms with Crippen LogP contribution in [0.2, 0.25) is 0 Å². The van der Waals surface area contributed by atoms with Crippen LogP contribution in [0.3, 0.4) is 0 Å². The molecule has 7 heteroatoms. The van der Waals surface area contributed by atoms with Crippen LogP contribution in [-0.4, -0.2) is 46.0 Å². The molecule has 0 spiro atoms. The molecular formula is C20H24FN3O3. The zero-order chi connectivity index (χ0) is 19.6. The van der Waals surface area contributed by atoms with E-state index in [1.165, 1.54) is 6.07 Å². The van der Waals surface area contributed by atoms with Crippen LogP contribution in [0.15, 0.2) is 24.3 Å². The van der Waals surface area contributed by atoms with Gasteiger partial charge in [0.1, 0.15) is 11.5 Å². The zero-order valence-electron chi connectivity index (χ0n) is 15.5. The van der Waals surface area contributed by atoms with Crippen molar-refractivity contribution in [1.82, 2.24) is 15.2 Å². The van der Waals surface area contributed by atoms with Gasteiger partial charge in [-0.3, -0.25) is 9.69 Å². The summed E-state index contributed by atoms with van der Waals surface area (Å²) in [7, 11) is 0. The second-order valence-electron chi connectivity index (χ2n) is 7.07. The van der Waals surface area contributed by atoms with Crippen LogP contribution in [0.5, 0.6) is 0 Å². The number of benzene rings is 1. The third kappa shape index (κ3) is 4.19. The smallest absolute Gasteiger partial charge is 0.352 e. The number of likely N-dealkylation sites (tertiary alicyclic amines) is 1. The number of amides is 1. The number of H-pyrrole nitrogens is 1. The van der Waals surface area contributed by atoms with Gasteiger partial charge in [0.15, 0.2) is 0 Å². The van der Waals surface area contributed by atoms with Gasteiger partial charge in [-0.1, -0.05) is 18.2 Å². The highest BCUT2D eigenvalue weighted by atomic mass is 19.1. The summed E-state index contributed by atoms with van der Waals surface area (Å²) in [5, 5.41) is 12.2. The third-order valence-electron chi connectivity index (χ3n) is 5.07. The monoisotopic (exact) mass is 373 g/mol. The van der Waals surface area contributed by atoms with E-state index in [0.717, 1.165) is 19.4 Å². The minimum atomic E-state index is -1.08. The van der Waals surface area contributed by atoms with Gasteiger partial charge in [-0.2, -0.15) is 0 Å². The molecule has 3 rings (SSSR count). The zero-order valence-corrected chi connectivity index (χ0v) is 15.5. The summed E-state index contributed by atoms with van der Waals surface area (Å²) >= 11 is 0. The van der Waals surface area contributed by atoms with Gasteiger partial charge in [-0.25, -0.2) is 9.18 Å². The van der Waals surface area contributed by atoms with Gasteiger partial charge in [0, 0.05) is 30.4 Å². The Labute approximate surface area is 157 Å². The number of hydrogen-bond acceptors (Lipinski definition) is 3. The first-order valence-corrected chi connectivity index (χ1v) is 9.06. The number of piperidine rings is 1. The lowest BCUT2D eigenvalue weighted by Gasteiger charge is -2.33. The molecule has 1 saturated heterocycles. The van der Waals surface area contributed by atoms with Crippen molar-refractivity contribution in [3.63, 3.8) is 0 Å². The topological polar surface area (TPSA) is 85.4 Å². The summed E-state index contributed by atoms with van der Waals surface area (Å²) in [6.45, 7) is 5.32. The van der Waals surface area contributed by atoms with Crippen LogP contribution in [0, 0.1) is 19.7 Å². The van der Waals surface area contributed by atoms with Crippen molar-refractivity contribution in [2.24, 2.45) is 0 Å². The van der Waals surface area contributed by atoms with E-state index in [1.807, 2.05) is 6.07 Å². The number of halogens is 1. The lowest BCUT2D eigenvalue weighted by atomic mass is 10.0. The van der Waals surface area contributed by atoms with Gasteiger partial charge in [0.2, 0.25) is 0 Å². The molecule has 2 heterocycles. The molecule has 0 saturated carbocycles. The maximum atomic E-state index is 13.9. The van der Waals surface area contributed by atoms with Crippen molar-refractivity contribution >= 4 is 11.9 Å². The number of hydrogen-bond donors (Lipinski definition) is 3. The van der Waals surface area contributed by atoms with Gasteiger partial charge < -0.3 is 15.4 Å². The molecule has 1 aromatic carbocycles. The molecule has 1 fully saturated rings. The molecule has 2 aromatic rings. The Morgan fingerprint density at radius 2 is 2.07 bits per heavy atom. The Balaban J connectivity index is 1.66. The molecule has 0 aliphatic carbocycles. The Morgan fingerprint density at radius 3 is 2.74 bits per heavy atom. The van der Waals surface area contributed by atoms with E-state index in [1.54, 1.807) is 26.0 Å². The molecule has 27 heavy (non-hydrogen) atoms. The standard InChI is InChI=1S/C20H24FN3O3/c1-12-17(13(2)22-18(12)20(26)27)19(25)23-15-7-5-9-24(11-15)10-14-6-3-4-8-16(14)21/h3-4,6,8,15,22H,5,7,9-11H2,1-2H3,(H,23,25)(H,26,27). The molecule has 0 bridgehead atoms. The van der Waals surface area contributed by atoms with Crippen molar-refractivity contribution in [3.05, 3.63) is 58.2 Å². The lowest BCUT2D eigenvalue weighted by molar-refractivity contribution is 0.0690. The van der Waals surface area contributed by atoms with Crippen molar-refractivity contribution in [2.45, 2.75) is 39.3 Å². The molecule has 1 unspecified atom stereocenters.